The Morgan fingerprint density at radius 1 is 1.12 bits per heavy atom. The molecule has 0 spiro atoms. The van der Waals surface area contributed by atoms with Gasteiger partial charge in [-0.2, -0.15) is 0 Å². The molecule has 1 atom stereocenters. The Morgan fingerprint density at radius 2 is 2.00 bits per heavy atom. The van der Waals surface area contributed by atoms with Crippen molar-refractivity contribution in [1.82, 2.24) is 15.4 Å². The van der Waals surface area contributed by atoms with Crippen LogP contribution < -0.4 is 5.43 Å². The first kappa shape index (κ1) is 15.9. The van der Waals surface area contributed by atoms with Gasteiger partial charge >= 0.3 is 0 Å². The van der Waals surface area contributed by atoms with Gasteiger partial charge in [0.1, 0.15) is 0 Å². The first-order valence-electron chi connectivity index (χ1n) is 8.98. The molecule has 1 aromatic heterocycles. The summed E-state index contributed by atoms with van der Waals surface area (Å²) < 4.78 is 0. The van der Waals surface area contributed by atoms with Crippen LogP contribution in [-0.4, -0.2) is 28.5 Å². The largest absolute Gasteiger partial charge is 0.361 e. The van der Waals surface area contributed by atoms with Gasteiger partial charge in [-0.05, 0) is 49.1 Å². The van der Waals surface area contributed by atoms with Crippen molar-refractivity contribution in [3.05, 3.63) is 71.9 Å². The van der Waals surface area contributed by atoms with E-state index in [0.29, 0.717) is 11.6 Å². The molecule has 128 valence electrons. The fraction of sp³-hybridized carbons (Fsp3) is 0.286. The van der Waals surface area contributed by atoms with Crippen LogP contribution in [-0.2, 0) is 6.42 Å². The van der Waals surface area contributed by atoms with E-state index in [4.69, 9.17) is 0 Å². The van der Waals surface area contributed by atoms with Gasteiger partial charge in [0, 0.05) is 35.2 Å². The van der Waals surface area contributed by atoms with Gasteiger partial charge in [-0.15, -0.1) is 0 Å². The van der Waals surface area contributed by atoms with Crippen molar-refractivity contribution in [3.63, 3.8) is 0 Å². The molecule has 2 N–H and O–H groups in total. The van der Waals surface area contributed by atoms with Crippen LogP contribution in [0.15, 0.2) is 60.8 Å². The molecule has 25 heavy (non-hydrogen) atoms. The van der Waals surface area contributed by atoms with Gasteiger partial charge in [-0.1, -0.05) is 36.8 Å². The van der Waals surface area contributed by atoms with Crippen molar-refractivity contribution in [2.45, 2.75) is 31.7 Å². The van der Waals surface area contributed by atoms with E-state index in [0.717, 1.165) is 36.7 Å². The zero-order chi connectivity index (χ0) is 17.1. The average molecular weight is 333 g/mol. The third-order valence-corrected chi connectivity index (χ3v) is 5.00. The van der Waals surface area contributed by atoms with E-state index < -0.39 is 0 Å². The molecule has 1 unspecified atom stereocenters. The molecule has 1 fully saturated rings. The number of hydrogen-bond acceptors (Lipinski definition) is 2. The number of aromatic amines is 1. The molecule has 0 aliphatic carbocycles. The number of aromatic nitrogens is 1. The minimum absolute atomic E-state index is 0.0249. The van der Waals surface area contributed by atoms with Crippen molar-refractivity contribution >= 4 is 16.8 Å². The van der Waals surface area contributed by atoms with Crippen LogP contribution in [0.3, 0.4) is 0 Å². The number of nitrogens with zero attached hydrogens (tertiary/aromatic N) is 1. The van der Waals surface area contributed by atoms with Gasteiger partial charge in [0.2, 0.25) is 0 Å². The second-order valence-corrected chi connectivity index (χ2v) is 6.75. The number of carbonyl (C=O) groups is 1. The van der Waals surface area contributed by atoms with Gasteiger partial charge in [0.15, 0.2) is 0 Å². The highest BCUT2D eigenvalue weighted by Gasteiger charge is 2.24. The van der Waals surface area contributed by atoms with Crippen LogP contribution in [0, 0.1) is 0 Å². The third kappa shape index (κ3) is 3.59. The number of hydrogen-bond donors (Lipinski definition) is 2. The van der Waals surface area contributed by atoms with E-state index in [-0.39, 0.29) is 5.91 Å². The van der Waals surface area contributed by atoms with Gasteiger partial charge in [-0.3, -0.25) is 10.2 Å². The molecular formula is C21H23N3O. The molecule has 4 rings (SSSR count). The van der Waals surface area contributed by atoms with Crippen LogP contribution in [0.5, 0.6) is 0 Å². The number of amides is 1. The predicted octanol–water partition coefficient (Wildman–Crippen LogP) is 3.91. The summed E-state index contributed by atoms with van der Waals surface area (Å²) in [7, 11) is 0. The Morgan fingerprint density at radius 3 is 2.88 bits per heavy atom. The van der Waals surface area contributed by atoms with Gasteiger partial charge in [-0.25, -0.2) is 5.01 Å². The SMILES string of the molecule is O=C(NN1CCCCC1Cc1ccccc1)c1ccc2[nH]ccc2c1. The van der Waals surface area contributed by atoms with Crippen molar-refractivity contribution < 1.29 is 4.79 Å². The minimum Gasteiger partial charge on any atom is -0.361 e. The Hall–Kier alpha value is -2.59. The van der Waals surface area contributed by atoms with Gasteiger partial charge in [0.25, 0.3) is 5.91 Å². The summed E-state index contributed by atoms with van der Waals surface area (Å²) in [6.07, 6.45) is 6.33. The highest BCUT2D eigenvalue weighted by molar-refractivity contribution is 5.97. The molecule has 4 heteroatoms. The predicted molar refractivity (Wildman–Crippen MR) is 100 cm³/mol. The van der Waals surface area contributed by atoms with Crippen LogP contribution in [0.1, 0.15) is 35.2 Å². The zero-order valence-electron chi connectivity index (χ0n) is 14.2. The van der Waals surface area contributed by atoms with Crippen LogP contribution in [0.4, 0.5) is 0 Å². The molecule has 0 radical (unpaired) electrons. The Labute approximate surface area is 147 Å². The molecule has 2 heterocycles. The quantitative estimate of drug-likeness (QED) is 0.760. The van der Waals surface area contributed by atoms with Crippen LogP contribution in [0.2, 0.25) is 0 Å². The monoisotopic (exact) mass is 333 g/mol. The van der Waals surface area contributed by atoms with Crippen LogP contribution in [0.25, 0.3) is 10.9 Å². The molecule has 2 aromatic carbocycles. The van der Waals surface area contributed by atoms with Crippen LogP contribution >= 0.6 is 0 Å². The van der Waals surface area contributed by atoms with E-state index in [1.54, 1.807) is 0 Å². The lowest BCUT2D eigenvalue weighted by atomic mass is 9.97. The number of hydrazine groups is 1. The first-order chi connectivity index (χ1) is 12.3. The fourth-order valence-electron chi connectivity index (χ4n) is 3.64. The lowest BCUT2D eigenvalue weighted by Gasteiger charge is -2.35. The molecule has 1 saturated heterocycles. The maximum atomic E-state index is 12.7. The molecule has 0 bridgehead atoms. The normalized spacial score (nSPS) is 18.3. The summed E-state index contributed by atoms with van der Waals surface area (Å²) in [5.74, 6) is -0.0249. The van der Waals surface area contributed by atoms with E-state index >= 15 is 0 Å². The number of fused-ring (bicyclic) bond motifs is 1. The molecular weight excluding hydrogens is 310 g/mol. The highest BCUT2D eigenvalue weighted by atomic mass is 16.2. The molecule has 1 amide bonds. The second kappa shape index (κ2) is 7.11. The summed E-state index contributed by atoms with van der Waals surface area (Å²) in [5, 5.41) is 3.20. The summed E-state index contributed by atoms with van der Waals surface area (Å²) in [4.78, 5) is 15.9. The molecule has 3 aromatic rings. The average Bonchev–Trinajstić information content (AvgIpc) is 3.12. The number of piperidine rings is 1. The molecule has 1 aliphatic rings. The molecule has 4 nitrogen and oxygen atoms in total. The number of rotatable bonds is 4. The number of nitrogens with one attached hydrogen (secondary N) is 2. The van der Waals surface area contributed by atoms with Crippen molar-refractivity contribution in [1.29, 1.82) is 0 Å². The Kier molecular flexibility index (Phi) is 4.53. The topological polar surface area (TPSA) is 48.1 Å². The van der Waals surface area contributed by atoms with Crippen molar-refractivity contribution in [2.24, 2.45) is 0 Å². The Balaban J connectivity index is 1.47. The zero-order valence-corrected chi connectivity index (χ0v) is 14.2. The van der Waals surface area contributed by atoms with E-state index in [2.05, 4.69) is 39.7 Å². The second-order valence-electron chi connectivity index (χ2n) is 6.75. The summed E-state index contributed by atoms with van der Waals surface area (Å²) >= 11 is 0. The molecule has 0 saturated carbocycles. The number of carbonyl (C=O) groups excluding carboxylic acids is 1. The molecule has 1 aliphatic heterocycles. The first-order valence-corrected chi connectivity index (χ1v) is 8.98. The minimum atomic E-state index is -0.0249. The van der Waals surface area contributed by atoms with Gasteiger partial charge < -0.3 is 4.98 Å². The number of benzene rings is 2. The third-order valence-electron chi connectivity index (χ3n) is 5.00. The van der Waals surface area contributed by atoms with E-state index in [1.165, 1.54) is 12.0 Å². The Bertz CT molecular complexity index is 856. The lowest BCUT2D eigenvalue weighted by molar-refractivity contribution is 0.0573. The van der Waals surface area contributed by atoms with E-state index in [1.807, 2.05) is 36.5 Å². The lowest BCUT2D eigenvalue weighted by Crippen LogP contribution is -2.51. The van der Waals surface area contributed by atoms with Crippen molar-refractivity contribution in [3.8, 4) is 0 Å². The summed E-state index contributed by atoms with van der Waals surface area (Å²) in [5.41, 5.74) is 6.23. The van der Waals surface area contributed by atoms with Crippen molar-refractivity contribution in [2.75, 3.05) is 6.54 Å². The summed E-state index contributed by atoms with van der Waals surface area (Å²) in [6.45, 7) is 0.912. The standard InChI is InChI=1S/C21H23N3O/c25-21(18-9-10-20-17(15-18)11-12-22-20)23-24-13-5-4-8-19(24)14-16-6-2-1-3-7-16/h1-3,6-7,9-12,15,19,22H,4-5,8,13-14H2,(H,23,25). The maximum absolute atomic E-state index is 12.7. The smallest absolute Gasteiger partial charge is 0.265 e. The fourth-order valence-corrected chi connectivity index (χ4v) is 3.64. The van der Waals surface area contributed by atoms with E-state index in [9.17, 15) is 4.79 Å². The number of H-pyrrole nitrogens is 1. The summed E-state index contributed by atoms with van der Waals surface area (Å²) in [6, 6.07) is 18.6. The highest BCUT2D eigenvalue weighted by Crippen LogP contribution is 2.20. The maximum Gasteiger partial charge on any atom is 0.265 e. The van der Waals surface area contributed by atoms with Gasteiger partial charge in [0.05, 0.1) is 0 Å².